The summed E-state index contributed by atoms with van der Waals surface area (Å²) in [5, 5.41) is 3.76. The lowest BCUT2D eigenvalue weighted by atomic mass is 9.92. The maximum atomic E-state index is 5.75. The molecule has 38 heavy (non-hydrogen) atoms. The highest BCUT2D eigenvalue weighted by molar-refractivity contribution is 5.89. The lowest BCUT2D eigenvalue weighted by Gasteiger charge is -2.22. The second-order valence-corrected chi connectivity index (χ2v) is 10.2. The van der Waals surface area contributed by atoms with Crippen LogP contribution in [-0.2, 0) is 18.9 Å². The van der Waals surface area contributed by atoms with Gasteiger partial charge >= 0.3 is 0 Å². The van der Waals surface area contributed by atoms with Crippen LogP contribution in [-0.4, -0.2) is 90.1 Å². The van der Waals surface area contributed by atoms with Crippen LogP contribution in [0.2, 0.25) is 0 Å². The molecule has 2 aromatic carbocycles. The first-order chi connectivity index (χ1) is 18.6. The maximum absolute atomic E-state index is 5.75. The Morgan fingerprint density at radius 2 is 1.26 bits per heavy atom. The number of rotatable bonds is 8. The van der Waals surface area contributed by atoms with E-state index in [4.69, 9.17) is 23.9 Å². The highest BCUT2D eigenvalue weighted by Gasteiger charge is 2.15. The second-order valence-electron chi connectivity index (χ2n) is 10.2. The van der Waals surface area contributed by atoms with Crippen LogP contribution in [0.3, 0.4) is 0 Å². The number of ether oxygens (including phenoxy) is 4. The zero-order valence-corrected chi connectivity index (χ0v) is 23.8. The van der Waals surface area contributed by atoms with Crippen LogP contribution in [0.5, 0.6) is 0 Å². The Kier molecular flexibility index (Phi) is 13.8. The summed E-state index contributed by atoms with van der Waals surface area (Å²) in [6.07, 6.45) is 1.99. The van der Waals surface area contributed by atoms with Crippen molar-refractivity contribution >= 4 is 17.6 Å². The SMILES string of the molecule is CC(C)c1cccc(C(C)C)c1Nc1ccccc1C=NCCN1CCOCCOCCOCCOCC1. The third-order valence-corrected chi connectivity index (χ3v) is 6.59. The Labute approximate surface area is 229 Å². The lowest BCUT2D eigenvalue weighted by molar-refractivity contribution is 0.00206. The number of hydrogen-bond acceptors (Lipinski definition) is 7. The van der Waals surface area contributed by atoms with Crippen molar-refractivity contribution < 1.29 is 18.9 Å². The van der Waals surface area contributed by atoms with Gasteiger partial charge in [0.15, 0.2) is 0 Å². The van der Waals surface area contributed by atoms with Crippen molar-refractivity contribution in [2.45, 2.75) is 39.5 Å². The van der Waals surface area contributed by atoms with E-state index in [9.17, 15) is 0 Å². The Morgan fingerprint density at radius 1 is 0.737 bits per heavy atom. The molecule has 0 saturated carbocycles. The van der Waals surface area contributed by atoms with Crippen molar-refractivity contribution in [1.82, 2.24) is 4.90 Å². The number of nitrogens with one attached hydrogen (secondary N) is 1. The van der Waals surface area contributed by atoms with E-state index in [1.807, 2.05) is 6.21 Å². The van der Waals surface area contributed by atoms with Gasteiger partial charge in [-0.15, -0.1) is 0 Å². The Morgan fingerprint density at radius 3 is 1.82 bits per heavy atom. The lowest BCUT2D eigenvalue weighted by Crippen LogP contribution is -2.33. The van der Waals surface area contributed by atoms with Gasteiger partial charge in [0, 0.05) is 42.8 Å². The Balaban J connectivity index is 1.61. The van der Waals surface area contributed by atoms with E-state index in [2.05, 4.69) is 80.4 Å². The first-order valence-corrected chi connectivity index (χ1v) is 14.1. The number of anilines is 2. The molecule has 0 spiro atoms. The molecule has 0 aromatic heterocycles. The molecule has 2 aromatic rings. The number of hydrogen-bond donors (Lipinski definition) is 1. The van der Waals surface area contributed by atoms with E-state index >= 15 is 0 Å². The van der Waals surface area contributed by atoms with Gasteiger partial charge in [-0.05, 0) is 29.0 Å². The maximum Gasteiger partial charge on any atom is 0.0701 e. The third kappa shape index (κ3) is 10.5. The smallest absolute Gasteiger partial charge is 0.0701 e. The predicted molar refractivity (Wildman–Crippen MR) is 157 cm³/mol. The van der Waals surface area contributed by atoms with Crippen molar-refractivity contribution in [2.75, 3.05) is 84.4 Å². The minimum atomic E-state index is 0.434. The Hall–Kier alpha value is -2.29. The highest BCUT2D eigenvalue weighted by Crippen LogP contribution is 2.35. The zero-order valence-electron chi connectivity index (χ0n) is 23.8. The number of aliphatic imine (C=N–C) groups is 1. The number of benzene rings is 2. The zero-order chi connectivity index (χ0) is 27.0. The summed E-state index contributed by atoms with van der Waals surface area (Å²) >= 11 is 0. The van der Waals surface area contributed by atoms with Crippen LogP contribution in [0, 0.1) is 0 Å². The van der Waals surface area contributed by atoms with E-state index in [1.54, 1.807) is 0 Å². The van der Waals surface area contributed by atoms with Crippen LogP contribution in [0.15, 0.2) is 47.5 Å². The van der Waals surface area contributed by atoms with Gasteiger partial charge in [0.05, 0.1) is 59.4 Å². The van der Waals surface area contributed by atoms with Gasteiger partial charge in [0.25, 0.3) is 0 Å². The molecule has 1 aliphatic heterocycles. The molecule has 1 N–H and O–H groups in total. The van der Waals surface area contributed by atoms with Gasteiger partial charge in [-0.3, -0.25) is 9.89 Å². The van der Waals surface area contributed by atoms with Gasteiger partial charge in [-0.1, -0.05) is 64.1 Å². The average Bonchev–Trinajstić information content (AvgIpc) is 2.92. The quantitative estimate of drug-likeness (QED) is 0.461. The normalized spacial score (nSPS) is 17.5. The standard InChI is InChI=1S/C31H47N3O4/c1-25(2)28-9-7-10-29(26(3)4)31(28)33-30-11-6-5-8-27(30)24-32-12-13-34-14-16-35-18-20-37-22-23-38-21-19-36-17-15-34/h5-11,24-26,33H,12-23H2,1-4H3. The van der Waals surface area contributed by atoms with Crippen molar-refractivity contribution in [3.8, 4) is 0 Å². The summed E-state index contributed by atoms with van der Waals surface area (Å²) in [5.41, 5.74) is 6.05. The second kappa shape index (κ2) is 17.3. The molecule has 0 bridgehead atoms. The summed E-state index contributed by atoms with van der Waals surface area (Å²) in [6.45, 7) is 17.2. The number of para-hydroxylation sites is 2. The van der Waals surface area contributed by atoms with Gasteiger partial charge in [-0.2, -0.15) is 0 Å². The molecular formula is C31H47N3O4. The topological polar surface area (TPSA) is 64.6 Å². The first kappa shape index (κ1) is 30.3. The molecule has 7 heteroatoms. The van der Waals surface area contributed by atoms with Gasteiger partial charge in [-0.25, -0.2) is 0 Å². The molecule has 0 aliphatic carbocycles. The summed E-state index contributed by atoms with van der Waals surface area (Å²) in [7, 11) is 0. The van der Waals surface area contributed by atoms with Crippen LogP contribution in [0.25, 0.3) is 0 Å². The fourth-order valence-corrected chi connectivity index (χ4v) is 4.40. The first-order valence-electron chi connectivity index (χ1n) is 14.1. The summed E-state index contributed by atoms with van der Waals surface area (Å²) in [6, 6.07) is 15.0. The molecular weight excluding hydrogens is 478 g/mol. The molecule has 1 fully saturated rings. The largest absolute Gasteiger partial charge is 0.378 e. The van der Waals surface area contributed by atoms with Crippen LogP contribution < -0.4 is 5.32 Å². The van der Waals surface area contributed by atoms with Gasteiger partial charge < -0.3 is 24.3 Å². The monoisotopic (exact) mass is 525 g/mol. The van der Waals surface area contributed by atoms with Crippen molar-refractivity contribution in [2.24, 2.45) is 4.99 Å². The average molecular weight is 526 g/mol. The van der Waals surface area contributed by atoms with E-state index < -0.39 is 0 Å². The molecule has 0 amide bonds. The minimum Gasteiger partial charge on any atom is -0.378 e. The molecule has 1 heterocycles. The molecule has 0 unspecified atom stereocenters. The molecule has 3 rings (SSSR count). The minimum absolute atomic E-state index is 0.434. The van der Waals surface area contributed by atoms with Crippen molar-refractivity contribution in [3.05, 3.63) is 59.2 Å². The molecule has 0 radical (unpaired) electrons. The summed E-state index contributed by atoms with van der Waals surface area (Å²) in [4.78, 5) is 7.14. The van der Waals surface area contributed by atoms with E-state index in [-0.39, 0.29) is 0 Å². The van der Waals surface area contributed by atoms with Crippen LogP contribution in [0.4, 0.5) is 11.4 Å². The van der Waals surface area contributed by atoms with E-state index in [1.165, 1.54) is 16.8 Å². The van der Waals surface area contributed by atoms with Crippen LogP contribution >= 0.6 is 0 Å². The molecule has 1 saturated heterocycles. The summed E-state index contributed by atoms with van der Waals surface area (Å²) in [5.74, 6) is 0.867. The molecule has 0 atom stereocenters. The Bertz CT molecular complexity index is 922. The van der Waals surface area contributed by atoms with Crippen molar-refractivity contribution in [1.29, 1.82) is 0 Å². The van der Waals surface area contributed by atoms with Gasteiger partial charge in [0.2, 0.25) is 0 Å². The summed E-state index contributed by atoms with van der Waals surface area (Å²) < 4.78 is 22.5. The van der Waals surface area contributed by atoms with Crippen molar-refractivity contribution in [3.63, 3.8) is 0 Å². The molecule has 7 nitrogen and oxygen atoms in total. The van der Waals surface area contributed by atoms with E-state index in [0.717, 1.165) is 30.9 Å². The molecule has 1 aliphatic rings. The highest BCUT2D eigenvalue weighted by atomic mass is 16.6. The fourth-order valence-electron chi connectivity index (χ4n) is 4.40. The molecule has 210 valence electrons. The fraction of sp³-hybridized carbons (Fsp3) is 0.581. The number of nitrogens with zero attached hydrogens (tertiary/aromatic N) is 2. The third-order valence-electron chi connectivity index (χ3n) is 6.59. The predicted octanol–water partition coefficient (Wildman–Crippen LogP) is 5.48. The van der Waals surface area contributed by atoms with Gasteiger partial charge in [0.1, 0.15) is 0 Å². The van der Waals surface area contributed by atoms with Crippen LogP contribution in [0.1, 0.15) is 56.2 Å². The van der Waals surface area contributed by atoms with E-state index in [0.29, 0.717) is 71.2 Å².